The summed E-state index contributed by atoms with van der Waals surface area (Å²) in [5.41, 5.74) is 0. The molecule has 0 bridgehead atoms. The molecule has 0 radical (unpaired) electrons. The summed E-state index contributed by atoms with van der Waals surface area (Å²) < 4.78 is 7.63. The van der Waals surface area contributed by atoms with Gasteiger partial charge in [0.2, 0.25) is 0 Å². The molecule has 1 heterocycles. The molecule has 0 unspecified atom stereocenters. The van der Waals surface area contributed by atoms with Gasteiger partial charge in [0.05, 0.1) is 6.61 Å². The van der Waals surface area contributed by atoms with Crippen molar-refractivity contribution < 1.29 is 9.30 Å². The summed E-state index contributed by atoms with van der Waals surface area (Å²) in [5.74, 6) is 0.944. The Labute approximate surface area is 90.1 Å². The molecule has 0 spiro atoms. The van der Waals surface area contributed by atoms with E-state index in [1.807, 2.05) is 13.0 Å². The van der Waals surface area contributed by atoms with Crippen molar-refractivity contribution in [3.8, 4) is 5.75 Å². The Morgan fingerprint density at radius 3 is 2.73 bits per heavy atom. The van der Waals surface area contributed by atoms with Gasteiger partial charge in [0.25, 0.3) is 0 Å². The zero-order valence-corrected chi connectivity index (χ0v) is 9.23. The van der Waals surface area contributed by atoms with Crippen LogP contribution >= 0.6 is 0 Å². The first-order chi connectivity index (χ1) is 7.33. The molecule has 0 aliphatic heterocycles. The molecule has 0 aliphatic carbocycles. The average molecular weight is 202 g/mol. The van der Waals surface area contributed by atoms with Crippen molar-refractivity contribution in [2.45, 2.75) is 20.4 Å². The van der Waals surface area contributed by atoms with Crippen molar-refractivity contribution in [2.75, 3.05) is 6.61 Å². The molecule has 0 aliphatic rings. The first-order valence-corrected chi connectivity index (χ1v) is 5.39. The molecule has 2 nitrogen and oxygen atoms in total. The van der Waals surface area contributed by atoms with Crippen LogP contribution in [0.15, 0.2) is 36.7 Å². The predicted molar refractivity (Wildman–Crippen MR) is 61.0 cm³/mol. The molecule has 1 aromatic carbocycles. The first kappa shape index (κ1) is 9.97. The van der Waals surface area contributed by atoms with E-state index in [0.717, 1.165) is 12.3 Å². The number of benzene rings is 1. The van der Waals surface area contributed by atoms with Crippen LogP contribution in [-0.4, -0.2) is 6.61 Å². The minimum Gasteiger partial charge on any atom is -0.494 e. The maximum absolute atomic E-state index is 5.46. The zero-order valence-electron chi connectivity index (χ0n) is 9.23. The number of rotatable bonds is 3. The SMILES string of the molecule is CCOc1ccc2c[n+](CC)ccc2c1. The van der Waals surface area contributed by atoms with Crippen molar-refractivity contribution in [2.24, 2.45) is 0 Å². The van der Waals surface area contributed by atoms with Crippen LogP contribution in [0.25, 0.3) is 10.8 Å². The van der Waals surface area contributed by atoms with Crippen molar-refractivity contribution in [3.63, 3.8) is 0 Å². The predicted octanol–water partition coefficient (Wildman–Crippen LogP) is 2.55. The van der Waals surface area contributed by atoms with Gasteiger partial charge in [-0.15, -0.1) is 0 Å². The molecule has 0 amide bonds. The third-order valence-corrected chi connectivity index (χ3v) is 2.48. The fourth-order valence-electron chi connectivity index (χ4n) is 1.67. The maximum Gasteiger partial charge on any atom is 0.176 e. The number of nitrogens with zero attached hydrogens (tertiary/aromatic N) is 1. The van der Waals surface area contributed by atoms with Crippen LogP contribution in [0.2, 0.25) is 0 Å². The van der Waals surface area contributed by atoms with Crippen LogP contribution in [-0.2, 0) is 6.54 Å². The number of hydrogen-bond acceptors (Lipinski definition) is 1. The van der Waals surface area contributed by atoms with Gasteiger partial charge >= 0.3 is 0 Å². The van der Waals surface area contributed by atoms with Crippen molar-refractivity contribution in [1.29, 1.82) is 0 Å². The largest absolute Gasteiger partial charge is 0.494 e. The van der Waals surface area contributed by atoms with Gasteiger partial charge in [-0.1, -0.05) is 0 Å². The molecule has 0 saturated heterocycles. The quantitative estimate of drug-likeness (QED) is 0.697. The smallest absolute Gasteiger partial charge is 0.176 e. The highest BCUT2D eigenvalue weighted by Gasteiger charge is 2.01. The zero-order chi connectivity index (χ0) is 10.7. The van der Waals surface area contributed by atoms with Gasteiger partial charge < -0.3 is 4.74 Å². The summed E-state index contributed by atoms with van der Waals surface area (Å²) in [6.45, 7) is 5.86. The van der Waals surface area contributed by atoms with Gasteiger partial charge in [-0.2, -0.15) is 0 Å². The highest BCUT2D eigenvalue weighted by molar-refractivity contribution is 5.82. The summed E-state index contributed by atoms with van der Waals surface area (Å²) in [7, 11) is 0. The molecule has 0 N–H and O–H groups in total. The first-order valence-electron chi connectivity index (χ1n) is 5.39. The van der Waals surface area contributed by atoms with E-state index in [4.69, 9.17) is 4.74 Å². The Kier molecular flexibility index (Phi) is 2.86. The summed E-state index contributed by atoms with van der Waals surface area (Å²) in [6.07, 6.45) is 4.25. The Hall–Kier alpha value is -1.57. The fraction of sp³-hybridized carbons (Fsp3) is 0.308. The third kappa shape index (κ3) is 2.09. The molecular weight excluding hydrogens is 186 g/mol. The van der Waals surface area contributed by atoms with Crippen molar-refractivity contribution in [3.05, 3.63) is 36.7 Å². The molecule has 2 heteroatoms. The lowest BCUT2D eigenvalue weighted by Gasteiger charge is -2.03. The van der Waals surface area contributed by atoms with E-state index in [0.29, 0.717) is 6.61 Å². The number of ether oxygens (including phenoxy) is 1. The van der Waals surface area contributed by atoms with Crippen LogP contribution in [0.1, 0.15) is 13.8 Å². The van der Waals surface area contributed by atoms with E-state index in [-0.39, 0.29) is 0 Å². The van der Waals surface area contributed by atoms with Crippen LogP contribution in [0, 0.1) is 0 Å². The molecule has 0 saturated carbocycles. The van der Waals surface area contributed by atoms with E-state index in [1.165, 1.54) is 10.8 Å². The van der Waals surface area contributed by atoms with Gasteiger partial charge in [0.1, 0.15) is 12.3 Å². The van der Waals surface area contributed by atoms with E-state index in [1.54, 1.807) is 0 Å². The van der Waals surface area contributed by atoms with Gasteiger partial charge in [-0.05, 0) is 37.4 Å². The van der Waals surface area contributed by atoms with Crippen LogP contribution < -0.4 is 9.30 Å². The summed E-state index contributed by atoms with van der Waals surface area (Å²) in [4.78, 5) is 0. The van der Waals surface area contributed by atoms with Gasteiger partial charge in [-0.25, -0.2) is 4.57 Å². The molecule has 78 valence electrons. The normalized spacial score (nSPS) is 10.5. The van der Waals surface area contributed by atoms with Crippen LogP contribution in [0.3, 0.4) is 0 Å². The van der Waals surface area contributed by atoms with Gasteiger partial charge in [0, 0.05) is 11.5 Å². The second kappa shape index (κ2) is 4.30. The molecule has 2 rings (SSSR count). The minimum atomic E-state index is 0.716. The second-order valence-electron chi connectivity index (χ2n) is 3.50. The minimum absolute atomic E-state index is 0.716. The molecule has 0 fully saturated rings. The molecule has 1 aromatic heterocycles. The van der Waals surface area contributed by atoms with Crippen molar-refractivity contribution >= 4 is 10.8 Å². The number of aromatic nitrogens is 1. The lowest BCUT2D eigenvalue weighted by atomic mass is 10.2. The van der Waals surface area contributed by atoms with Crippen LogP contribution in [0.5, 0.6) is 5.75 Å². The fourth-order valence-corrected chi connectivity index (χ4v) is 1.67. The average Bonchev–Trinajstić information content (AvgIpc) is 2.29. The highest BCUT2D eigenvalue weighted by atomic mass is 16.5. The Bertz CT molecular complexity index is 465. The summed E-state index contributed by atoms with van der Waals surface area (Å²) in [5, 5.41) is 2.48. The van der Waals surface area contributed by atoms with E-state index >= 15 is 0 Å². The van der Waals surface area contributed by atoms with Crippen molar-refractivity contribution in [1.82, 2.24) is 0 Å². The Balaban J connectivity index is 2.45. The lowest BCUT2D eigenvalue weighted by molar-refractivity contribution is -0.692. The van der Waals surface area contributed by atoms with Gasteiger partial charge in [0.15, 0.2) is 12.4 Å². The number of aryl methyl sites for hydroxylation is 1. The monoisotopic (exact) mass is 202 g/mol. The van der Waals surface area contributed by atoms with E-state index < -0.39 is 0 Å². The Morgan fingerprint density at radius 2 is 2.00 bits per heavy atom. The molecule has 2 aromatic rings. The number of hydrogen-bond donors (Lipinski definition) is 0. The topological polar surface area (TPSA) is 13.1 Å². The Morgan fingerprint density at radius 1 is 1.13 bits per heavy atom. The molecular formula is C13H16NO+. The molecule has 0 atom stereocenters. The van der Waals surface area contributed by atoms with Gasteiger partial charge in [-0.3, -0.25) is 0 Å². The van der Waals surface area contributed by atoms with Crippen LogP contribution in [0.4, 0.5) is 0 Å². The summed E-state index contributed by atoms with van der Waals surface area (Å²) in [6, 6.07) is 8.33. The third-order valence-electron chi connectivity index (χ3n) is 2.48. The van der Waals surface area contributed by atoms with E-state index in [9.17, 15) is 0 Å². The second-order valence-corrected chi connectivity index (χ2v) is 3.50. The lowest BCUT2D eigenvalue weighted by Crippen LogP contribution is -2.30. The maximum atomic E-state index is 5.46. The number of fused-ring (bicyclic) bond motifs is 1. The van der Waals surface area contributed by atoms with E-state index in [2.05, 4.69) is 42.1 Å². The molecule has 15 heavy (non-hydrogen) atoms. The highest BCUT2D eigenvalue weighted by Crippen LogP contribution is 2.19. The summed E-state index contributed by atoms with van der Waals surface area (Å²) >= 11 is 0. The number of pyridine rings is 1. The standard InChI is InChI=1S/C13H16NO/c1-3-14-8-7-11-9-13(15-4-2)6-5-12(11)10-14/h5-10H,3-4H2,1-2H3/q+1.